The molecule has 0 bridgehead atoms. The number of aromatic nitrogens is 2. The van der Waals surface area contributed by atoms with Crippen LogP contribution in [-0.2, 0) is 0 Å². The van der Waals surface area contributed by atoms with Crippen LogP contribution >= 0.6 is 22.6 Å². The normalized spacial score (nSPS) is 19.3. The number of likely N-dealkylation sites (N-methyl/N-ethyl adjacent to an activating group) is 1. The number of halogens is 1. The summed E-state index contributed by atoms with van der Waals surface area (Å²) < 4.78 is 6.40. The Morgan fingerprint density at radius 2 is 1.69 bits per heavy atom. The third-order valence-electron chi connectivity index (χ3n) is 8.99. The second-order valence-corrected chi connectivity index (χ2v) is 14.2. The lowest BCUT2D eigenvalue weighted by Gasteiger charge is -2.33. The van der Waals surface area contributed by atoms with Crippen LogP contribution in [0.4, 0.5) is 11.8 Å². The van der Waals surface area contributed by atoms with Gasteiger partial charge in [-0.3, -0.25) is 0 Å². The summed E-state index contributed by atoms with van der Waals surface area (Å²) in [4.78, 5) is 17.8. The average Bonchev–Trinajstić information content (AvgIpc) is 2.99. The van der Waals surface area contributed by atoms with Gasteiger partial charge in [-0.1, -0.05) is 63.1 Å². The quantitative estimate of drug-likeness (QED) is 0.166. The SMILES string of the molecule is CCCC(CCNC(C)C)Nc1nc(N2CCN(C)CC2)nc2cc(C(I)[C@@H](C)CCN3CCCCC3)c(OC)cc12. The molecule has 4 rings (SSSR count). The number of methoxy groups -OCH3 is 1. The van der Waals surface area contributed by atoms with Crippen LogP contribution in [0.5, 0.6) is 5.75 Å². The highest BCUT2D eigenvalue weighted by Gasteiger charge is 2.25. The van der Waals surface area contributed by atoms with Crippen molar-refractivity contribution in [3.8, 4) is 5.75 Å². The van der Waals surface area contributed by atoms with E-state index in [1.165, 1.54) is 50.9 Å². The summed E-state index contributed by atoms with van der Waals surface area (Å²) in [6, 6.07) is 5.32. The van der Waals surface area contributed by atoms with Gasteiger partial charge in [0.15, 0.2) is 0 Å². The number of benzene rings is 1. The van der Waals surface area contributed by atoms with Crippen LogP contribution in [0.3, 0.4) is 0 Å². The fraction of sp³-hybridized carbons (Fsp3) is 0.758. The van der Waals surface area contributed by atoms with Gasteiger partial charge in [0, 0.05) is 53.1 Å². The molecule has 0 radical (unpaired) electrons. The summed E-state index contributed by atoms with van der Waals surface area (Å²) in [6.07, 6.45) is 8.57. The number of rotatable bonds is 15. The van der Waals surface area contributed by atoms with Crippen molar-refractivity contribution in [1.29, 1.82) is 0 Å². The Morgan fingerprint density at radius 1 is 0.952 bits per heavy atom. The molecule has 0 aliphatic carbocycles. The Balaban J connectivity index is 1.65. The number of alkyl halides is 1. The molecule has 42 heavy (non-hydrogen) atoms. The van der Waals surface area contributed by atoms with Gasteiger partial charge in [-0.05, 0) is 83.4 Å². The van der Waals surface area contributed by atoms with Gasteiger partial charge in [0.2, 0.25) is 5.95 Å². The number of hydrogen-bond donors (Lipinski definition) is 2. The number of nitrogens with zero attached hydrogens (tertiary/aromatic N) is 5. The third kappa shape index (κ3) is 9.29. The van der Waals surface area contributed by atoms with Gasteiger partial charge in [-0.2, -0.15) is 4.98 Å². The Kier molecular flexibility index (Phi) is 13.2. The lowest BCUT2D eigenvalue weighted by atomic mass is 9.95. The van der Waals surface area contributed by atoms with Crippen molar-refractivity contribution in [3.63, 3.8) is 0 Å². The maximum absolute atomic E-state index is 6.05. The predicted molar refractivity (Wildman–Crippen MR) is 187 cm³/mol. The topological polar surface area (TPSA) is 68.8 Å². The van der Waals surface area contributed by atoms with Gasteiger partial charge in [0.1, 0.15) is 11.6 Å². The molecule has 1 aromatic carbocycles. The van der Waals surface area contributed by atoms with Crippen LogP contribution in [0.25, 0.3) is 10.9 Å². The van der Waals surface area contributed by atoms with Gasteiger partial charge in [0.25, 0.3) is 0 Å². The van der Waals surface area contributed by atoms with E-state index in [0.717, 1.165) is 80.4 Å². The number of nitrogens with one attached hydrogen (secondary N) is 2. The first-order valence-electron chi connectivity index (χ1n) is 16.5. The van der Waals surface area contributed by atoms with Crippen LogP contribution in [-0.4, -0.2) is 98.4 Å². The highest BCUT2D eigenvalue weighted by molar-refractivity contribution is 14.1. The van der Waals surface area contributed by atoms with Crippen molar-refractivity contribution in [1.82, 2.24) is 25.1 Å². The number of piperidine rings is 1. The second kappa shape index (κ2) is 16.6. The molecule has 2 N–H and O–H groups in total. The standard InChI is InChI=1S/C33H56IN7O/c1-7-11-26(12-14-35-24(2)3)36-32-27-23-30(42-6)28(31(34)25(4)13-17-40-15-9-8-10-16-40)22-29(27)37-33(38-32)41-20-18-39(5)19-21-41/h22-26,31,35H,7-21H2,1-6H3,(H,36,37,38)/t25-,26?,31?/m0/s1. The van der Waals surface area contributed by atoms with E-state index < -0.39 is 0 Å². The maximum atomic E-state index is 6.05. The van der Waals surface area contributed by atoms with E-state index in [4.69, 9.17) is 14.7 Å². The van der Waals surface area contributed by atoms with E-state index in [2.05, 4.69) is 94.8 Å². The zero-order chi connectivity index (χ0) is 30.1. The van der Waals surface area contributed by atoms with Crippen LogP contribution in [0.1, 0.15) is 82.1 Å². The van der Waals surface area contributed by atoms with Crippen molar-refractivity contribution in [2.24, 2.45) is 5.92 Å². The van der Waals surface area contributed by atoms with Crippen LogP contribution in [0.15, 0.2) is 12.1 Å². The Hall–Kier alpha value is -1.43. The molecular formula is C33H56IN7O. The number of anilines is 2. The predicted octanol–water partition coefficient (Wildman–Crippen LogP) is 6.35. The van der Waals surface area contributed by atoms with E-state index in [9.17, 15) is 0 Å². The molecule has 0 amide bonds. The van der Waals surface area contributed by atoms with Gasteiger partial charge in [-0.25, -0.2) is 4.98 Å². The van der Waals surface area contributed by atoms with Crippen molar-refractivity contribution in [2.75, 3.05) is 76.7 Å². The van der Waals surface area contributed by atoms with Crippen molar-refractivity contribution >= 4 is 45.3 Å². The smallest absolute Gasteiger partial charge is 0.227 e. The average molecular weight is 694 g/mol. The molecule has 2 aliphatic rings. The largest absolute Gasteiger partial charge is 0.496 e. The van der Waals surface area contributed by atoms with Gasteiger partial charge >= 0.3 is 0 Å². The molecule has 3 heterocycles. The third-order valence-corrected chi connectivity index (χ3v) is 10.9. The molecule has 2 aliphatic heterocycles. The minimum atomic E-state index is 0.345. The molecule has 0 spiro atoms. The molecule has 2 fully saturated rings. The van der Waals surface area contributed by atoms with Crippen LogP contribution in [0, 0.1) is 5.92 Å². The minimum Gasteiger partial charge on any atom is -0.496 e. The van der Waals surface area contributed by atoms with Gasteiger partial charge in [0.05, 0.1) is 12.6 Å². The van der Waals surface area contributed by atoms with E-state index in [0.29, 0.717) is 21.9 Å². The summed E-state index contributed by atoms with van der Waals surface area (Å²) in [7, 11) is 3.99. The lowest BCUT2D eigenvalue weighted by molar-refractivity contribution is 0.215. The van der Waals surface area contributed by atoms with Crippen molar-refractivity contribution < 1.29 is 4.74 Å². The highest BCUT2D eigenvalue weighted by Crippen LogP contribution is 2.42. The first-order chi connectivity index (χ1) is 20.3. The molecule has 2 saturated heterocycles. The monoisotopic (exact) mass is 693 g/mol. The van der Waals surface area contributed by atoms with Crippen molar-refractivity contribution in [3.05, 3.63) is 17.7 Å². The van der Waals surface area contributed by atoms with E-state index >= 15 is 0 Å². The summed E-state index contributed by atoms with van der Waals surface area (Å²) in [5, 5.41) is 8.52. The van der Waals surface area contributed by atoms with E-state index in [1.54, 1.807) is 7.11 Å². The van der Waals surface area contributed by atoms with E-state index in [1.807, 2.05) is 0 Å². The fourth-order valence-corrected chi connectivity index (χ4v) is 7.05. The molecule has 3 atom stereocenters. The zero-order valence-electron chi connectivity index (χ0n) is 27.1. The summed E-state index contributed by atoms with van der Waals surface area (Å²) in [5.41, 5.74) is 2.26. The molecule has 9 heteroatoms. The van der Waals surface area contributed by atoms with Gasteiger partial charge in [-0.15, -0.1) is 0 Å². The molecule has 0 saturated carbocycles. The van der Waals surface area contributed by atoms with E-state index in [-0.39, 0.29) is 0 Å². The molecule has 2 aromatic rings. The summed E-state index contributed by atoms with van der Waals surface area (Å²) in [5.74, 6) is 3.26. The number of piperazine rings is 1. The summed E-state index contributed by atoms with van der Waals surface area (Å²) >= 11 is 2.64. The van der Waals surface area contributed by atoms with Gasteiger partial charge < -0.3 is 30.1 Å². The fourth-order valence-electron chi connectivity index (χ4n) is 6.21. The number of likely N-dealkylation sites (tertiary alicyclic amines) is 1. The van der Waals surface area contributed by atoms with Crippen molar-refractivity contribution in [2.45, 2.75) is 88.6 Å². The molecule has 1 aromatic heterocycles. The zero-order valence-corrected chi connectivity index (χ0v) is 29.3. The Labute approximate surface area is 268 Å². The second-order valence-electron chi connectivity index (χ2n) is 12.9. The highest BCUT2D eigenvalue weighted by atomic mass is 127. The first kappa shape index (κ1) is 33.5. The number of ether oxygens (including phenoxy) is 1. The lowest BCUT2D eigenvalue weighted by Crippen LogP contribution is -2.45. The molecule has 236 valence electrons. The first-order valence-corrected chi connectivity index (χ1v) is 17.7. The Morgan fingerprint density at radius 3 is 2.36 bits per heavy atom. The maximum Gasteiger partial charge on any atom is 0.227 e. The molecule has 8 nitrogen and oxygen atoms in total. The van der Waals surface area contributed by atoms with Crippen LogP contribution in [0.2, 0.25) is 0 Å². The molecule has 2 unspecified atom stereocenters. The molecular weight excluding hydrogens is 637 g/mol. The summed E-state index contributed by atoms with van der Waals surface area (Å²) in [6.45, 7) is 17.7. The Bertz CT molecular complexity index is 1100. The minimum absolute atomic E-state index is 0.345. The van der Waals surface area contributed by atoms with Crippen LogP contribution < -0.4 is 20.3 Å². The number of hydrogen-bond acceptors (Lipinski definition) is 8. The number of fused-ring (bicyclic) bond motifs is 1.